The third-order valence-electron chi connectivity index (χ3n) is 4.94. The van der Waals surface area contributed by atoms with Gasteiger partial charge in [0.15, 0.2) is 5.69 Å². The molecule has 2 heterocycles. The van der Waals surface area contributed by atoms with E-state index < -0.39 is 34.9 Å². The summed E-state index contributed by atoms with van der Waals surface area (Å²) in [5, 5.41) is 6.72. The van der Waals surface area contributed by atoms with Gasteiger partial charge in [-0.25, -0.2) is 4.39 Å². The molecule has 1 N–H and O–H groups in total. The molecule has 6 nitrogen and oxygen atoms in total. The van der Waals surface area contributed by atoms with E-state index in [4.69, 9.17) is 0 Å². The number of nitrogens with one attached hydrogen (secondary N) is 1. The number of rotatable bonds is 3. The monoisotopic (exact) mass is 432 g/mol. The van der Waals surface area contributed by atoms with Crippen LogP contribution in [0.2, 0.25) is 0 Å². The number of hydrogen-bond acceptors (Lipinski definition) is 3. The van der Waals surface area contributed by atoms with E-state index in [1.807, 2.05) is 0 Å². The van der Waals surface area contributed by atoms with Crippen LogP contribution in [0.5, 0.6) is 0 Å². The van der Waals surface area contributed by atoms with Crippen molar-refractivity contribution in [2.75, 3.05) is 16.8 Å². The van der Waals surface area contributed by atoms with Crippen LogP contribution in [-0.4, -0.2) is 28.1 Å². The van der Waals surface area contributed by atoms with Gasteiger partial charge in [0.2, 0.25) is 0 Å². The SMILES string of the molecule is Cn1ccc(C(=O)Nc2ccc3c(c2)CCN3C(=O)c2ccc(F)cc2C(F)(F)F)n1. The number of alkyl halides is 3. The Kier molecular flexibility index (Phi) is 5.00. The zero-order valence-electron chi connectivity index (χ0n) is 16.2. The highest BCUT2D eigenvalue weighted by molar-refractivity contribution is 6.09. The maximum absolute atomic E-state index is 13.4. The molecule has 0 aliphatic carbocycles. The molecule has 0 unspecified atom stereocenters. The van der Waals surface area contributed by atoms with E-state index in [0.717, 1.165) is 12.1 Å². The molecule has 2 amide bonds. The van der Waals surface area contributed by atoms with E-state index in [1.165, 1.54) is 9.58 Å². The summed E-state index contributed by atoms with van der Waals surface area (Å²) >= 11 is 0. The lowest BCUT2D eigenvalue weighted by atomic mass is 10.1. The molecule has 0 bridgehead atoms. The minimum absolute atomic E-state index is 0.167. The van der Waals surface area contributed by atoms with Crippen LogP contribution in [0.3, 0.4) is 0 Å². The Balaban J connectivity index is 1.59. The maximum Gasteiger partial charge on any atom is 0.417 e. The molecule has 0 saturated carbocycles. The van der Waals surface area contributed by atoms with Crippen LogP contribution in [0.1, 0.15) is 32.0 Å². The van der Waals surface area contributed by atoms with E-state index in [2.05, 4.69) is 10.4 Å². The maximum atomic E-state index is 13.4. The zero-order valence-corrected chi connectivity index (χ0v) is 16.2. The number of anilines is 2. The van der Waals surface area contributed by atoms with Gasteiger partial charge in [-0.15, -0.1) is 0 Å². The summed E-state index contributed by atoms with van der Waals surface area (Å²) in [7, 11) is 1.68. The Morgan fingerprint density at radius 1 is 1.10 bits per heavy atom. The van der Waals surface area contributed by atoms with Gasteiger partial charge in [-0.3, -0.25) is 14.3 Å². The first-order chi connectivity index (χ1) is 14.6. The van der Waals surface area contributed by atoms with Crippen molar-refractivity contribution >= 4 is 23.2 Å². The van der Waals surface area contributed by atoms with Gasteiger partial charge in [-0.2, -0.15) is 18.3 Å². The molecule has 1 aromatic heterocycles. The van der Waals surface area contributed by atoms with Crippen molar-refractivity contribution in [2.45, 2.75) is 12.6 Å². The molecule has 0 fully saturated rings. The highest BCUT2D eigenvalue weighted by atomic mass is 19.4. The van der Waals surface area contributed by atoms with Gasteiger partial charge in [-0.1, -0.05) is 0 Å². The van der Waals surface area contributed by atoms with Crippen molar-refractivity contribution in [2.24, 2.45) is 7.05 Å². The van der Waals surface area contributed by atoms with Gasteiger partial charge in [0, 0.05) is 31.2 Å². The average Bonchev–Trinajstić information content (AvgIpc) is 3.32. The topological polar surface area (TPSA) is 67.2 Å². The number of benzene rings is 2. The van der Waals surface area contributed by atoms with Crippen LogP contribution < -0.4 is 10.2 Å². The number of halogens is 4. The van der Waals surface area contributed by atoms with Crippen molar-refractivity contribution in [3.8, 4) is 0 Å². The van der Waals surface area contributed by atoms with E-state index in [9.17, 15) is 27.2 Å². The van der Waals surface area contributed by atoms with Crippen LogP contribution in [0.15, 0.2) is 48.7 Å². The predicted molar refractivity (Wildman–Crippen MR) is 104 cm³/mol. The largest absolute Gasteiger partial charge is 0.417 e. The summed E-state index contributed by atoms with van der Waals surface area (Å²) in [6.45, 7) is 0.167. The first kappa shape index (κ1) is 20.6. The van der Waals surface area contributed by atoms with Crippen LogP contribution >= 0.6 is 0 Å². The molecule has 2 aromatic carbocycles. The molecule has 160 valence electrons. The highest BCUT2D eigenvalue weighted by Crippen LogP contribution is 2.36. The number of carbonyl (C=O) groups is 2. The Morgan fingerprint density at radius 3 is 2.55 bits per heavy atom. The molecule has 4 rings (SSSR count). The number of nitrogens with zero attached hydrogens (tertiary/aromatic N) is 3. The second kappa shape index (κ2) is 7.53. The van der Waals surface area contributed by atoms with E-state index >= 15 is 0 Å². The van der Waals surface area contributed by atoms with Gasteiger partial charge < -0.3 is 10.2 Å². The molecule has 1 aliphatic heterocycles. The van der Waals surface area contributed by atoms with E-state index in [-0.39, 0.29) is 12.2 Å². The Labute approximate surface area is 174 Å². The first-order valence-corrected chi connectivity index (χ1v) is 9.26. The summed E-state index contributed by atoms with van der Waals surface area (Å²) < 4.78 is 54.8. The molecule has 3 aromatic rings. The van der Waals surface area contributed by atoms with Gasteiger partial charge in [0.1, 0.15) is 5.82 Å². The minimum atomic E-state index is -4.87. The van der Waals surface area contributed by atoms with Crippen LogP contribution in [0.4, 0.5) is 28.9 Å². The fraction of sp³-hybridized carbons (Fsp3) is 0.190. The zero-order chi connectivity index (χ0) is 22.3. The van der Waals surface area contributed by atoms with Gasteiger partial charge in [0.25, 0.3) is 11.8 Å². The normalized spacial score (nSPS) is 13.3. The number of carbonyl (C=O) groups excluding carboxylic acids is 2. The molecule has 1 aliphatic rings. The van der Waals surface area contributed by atoms with Gasteiger partial charge >= 0.3 is 6.18 Å². The number of fused-ring (bicyclic) bond motifs is 1. The molecule has 0 radical (unpaired) electrons. The first-order valence-electron chi connectivity index (χ1n) is 9.26. The van der Waals surface area contributed by atoms with E-state index in [0.29, 0.717) is 29.4 Å². The smallest absolute Gasteiger partial charge is 0.321 e. The molecule has 0 spiro atoms. The molecular weight excluding hydrogens is 416 g/mol. The lowest BCUT2D eigenvalue weighted by Gasteiger charge is -2.20. The molecule has 31 heavy (non-hydrogen) atoms. The fourth-order valence-electron chi connectivity index (χ4n) is 3.50. The summed E-state index contributed by atoms with van der Waals surface area (Å²) in [6, 6.07) is 8.34. The second-order valence-corrected chi connectivity index (χ2v) is 7.07. The molecular formula is C21H16F4N4O2. The van der Waals surface area contributed by atoms with Crippen molar-refractivity contribution in [1.29, 1.82) is 0 Å². The summed E-state index contributed by atoms with van der Waals surface area (Å²) in [6.07, 6.45) is -2.84. The number of hydrogen-bond donors (Lipinski definition) is 1. The van der Waals surface area contributed by atoms with Gasteiger partial charge in [0.05, 0.1) is 11.1 Å². The number of aromatic nitrogens is 2. The Hall–Kier alpha value is -3.69. The standard InChI is InChI=1S/C21H16F4N4O2/c1-28-8-7-17(27-28)19(30)26-14-3-5-18-12(10-14)6-9-29(18)20(31)15-4-2-13(22)11-16(15)21(23,24)25/h2-5,7-8,10-11H,6,9H2,1H3,(H,26,30). The summed E-state index contributed by atoms with van der Waals surface area (Å²) in [5.41, 5.74) is -0.0853. The quantitative estimate of drug-likeness (QED) is 0.636. The summed E-state index contributed by atoms with van der Waals surface area (Å²) in [5.74, 6) is -2.34. The Morgan fingerprint density at radius 2 is 1.87 bits per heavy atom. The highest BCUT2D eigenvalue weighted by Gasteiger charge is 2.38. The van der Waals surface area contributed by atoms with Crippen LogP contribution in [-0.2, 0) is 19.6 Å². The van der Waals surface area contributed by atoms with Crippen LogP contribution in [0, 0.1) is 5.82 Å². The second-order valence-electron chi connectivity index (χ2n) is 7.07. The number of aryl methyl sites for hydroxylation is 1. The lowest BCUT2D eigenvalue weighted by Crippen LogP contribution is -2.31. The molecule has 10 heteroatoms. The van der Waals surface area contributed by atoms with Crippen LogP contribution in [0.25, 0.3) is 0 Å². The minimum Gasteiger partial charge on any atom is -0.321 e. The molecule has 0 atom stereocenters. The Bertz CT molecular complexity index is 1190. The predicted octanol–water partition coefficient (Wildman–Crippen LogP) is 4.03. The average molecular weight is 432 g/mol. The van der Waals surface area contributed by atoms with Crippen molar-refractivity contribution in [3.05, 3.63) is 76.9 Å². The lowest BCUT2D eigenvalue weighted by molar-refractivity contribution is -0.138. The van der Waals surface area contributed by atoms with Crippen molar-refractivity contribution < 1.29 is 27.2 Å². The van der Waals surface area contributed by atoms with Crippen molar-refractivity contribution in [3.63, 3.8) is 0 Å². The third-order valence-corrected chi connectivity index (χ3v) is 4.94. The molecule has 0 saturated heterocycles. The fourth-order valence-corrected chi connectivity index (χ4v) is 3.50. The van der Waals surface area contributed by atoms with E-state index in [1.54, 1.807) is 37.5 Å². The number of amides is 2. The van der Waals surface area contributed by atoms with Gasteiger partial charge in [-0.05, 0) is 54.4 Å². The van der Waals surface area contributed by atoms with Crippen molar-refractivity contribution in [1.82, 2.24) is 9.78 Å². The summed E-state index contributed by atoms with van der Waals surface area (Å²) in [4.78, 5) is 26.3. The third kappa shape index (κ3) is 4.00.